The molecule has 1 atom stereocenters. The fourth-order valence-corrected chi connectivity index (χ4v) is 4.39. The summed E-state index contributed by atoms with van der Waals surface area (Å²) in [7, 11) is 0. The Balaban J connectivity index is 1.96. The van der Waals surface area contributed by atoms with E-state index in [9.17, 15) is 18.0 Å². The molecule has 1 aliphatic rings. The van der Waals surface area contributed by atoms with E-state index in [2.05, 4.69) is 21.1 Å². The van der Waals surface area contributed by atoms with Gasteiger partial charge in [0.05, 0.1) is 5.69 Å². The summed E-state index contributed by atoms with van der Waals surface area (Å²) in [5, 5.41) is 3.76. The minimum Gasteiger partial charge on any atom is -0.343 e. The Kier molecular flexibility index (Phi) is 4.44. The van der Waals surface area contributed by atoms with E-state index in [1.54, 1.807) is 48.5 Å². The minimum atomic E-state index is -4.56. The second kappa shape index (κ2) is 6.54. The predicted octanol–water partition coefficient (Wildman–Crippen LogP) is 4.47. The molecule has 0 unspecified atom stereocenters. The zero-order valence-corrected chi connectivity index (χ0v) is 15.8. The molecular formula is C17H10BrF3N2O3S. The second-order valence-electron chi connectivity index (χ2n) is 5.70. The molecule has 0 saturated heterocycles. The molecule has 10 heteroatoms. The molecule has 2 heterocycles. The minimum absolute atomic E-state index is 0.0530. The molecule has 27 heavy (non-hydrogen) atoms. The van der Waals surface area contributed by atoms with Gasteiger partial charge in [0.15, 0.2) is 0 Å². The maximum Gasteiger partial charge on any atom is 0.446 e. The van der Waals surface area contributed by atoms with Crippen LogP contribution in [0.15, 0.2) is 67.2 Å². The fourth-order valence-electron chi connectivity index (χ4n) is 2.82. The van der Waals surface area contributed by atoms with Gasteiger partial charge in [-0.15, -0.1) is 0 Å². The maximum absolute atomic E-state index is 13.0. The van der Waals surface area contributed by atoms with Crippen molar-refractivity contribution in [2.75, 3.05) is 6.61 Å². The quantitative estimate of drug-likeness (QED) is 0.579. The van der Waals surface area contributed by atoms with Crippen LogP contribution in [0, 0.1) is 0 Å². The van der Waals surface area contributed by atoms with Gasteiger partial charge in [0.25, 0.3) is 0 Å². The van der Waals surface area contributed by atoms with Crippen molar-refractivity contribution in [1.29, 1.82) is 0 Å². The lowest BCUT2D eigenvalue weighted by molar-refractivity contribution is -0.188. The lowest BCUT2D eigenvalue weighted by atomic mass is 10.1. The van der Waals surface area contributed by atoms with Crippen LogP contribution in [0.3, 0.4) is 0 Å². The lowest BCUT2D eigenvalue weighted by Gasteiger charge is -2.36. The summed E-state index contributed by atoms with van der Waals surface area (Å²) in [4.78, 5) is 11.1. The van der Waals surface area contributed by atoms with Crippen LogP contribution in [0.1, 0.15) is 11.4 Å². The van der Waals surface area contributed by atoms with Crippen molar-refractivity contribution in [2.45, 2.75) is 16.0 Å². The standard InChI is InChI=1S/C17H10BrF3N2O3S/c18-11-7-5-10(6-8-11)17(25-9-16(19,20)21)14-22-26-15(24)23(14)12-3-1-2-4-13(12)27-17/h1-8H,9H2/t17-/m1/s1. The topological polar surface area (TPSA) is 57.3 Å². The lowest BCUT2D eigenvalue weighted by Crippen LogP contribution is -2.38. The summed E-state index contributed by atoms with van der Waals surface area (Å²) < 4.78 is 51.0. The van der Waals surface area contributed by atoms with Gasteiger partial charge in [-0.3, -0.25) is 4.52 Å². The smallest absolute Gasteiger partial charge is 0.343 e. The van der Waals surface area contributed by atoms with Gasteiger partial charge >= 0.3 is 11.9 Å². The van der Waals surface area contributed by atoms with E-state index in [4.69, 9.17) is 9.26 Å². The van der Waals surface area contributed by atoms with E-state index >= 15 is 0 Å². The summed E-state index contributed by atoms with van der Waals surface area (Å²) in [6, 6.07) is 13.4. The Morgan fingerprint density at radius 3 is 2.59 bits per heavy atom. The summed E-state index contributed by atoms with van der Waals surface area (Å²) in [5.74, 6) is -0.849. The third kappa shape index (κ3) is 3.21. The highest BCUT2D eigenvalue weighted by Crippen LogP contribution is 2.52. The molecule has 0 saturated carbocycles. The Morgan fingerprint density at radius 1 is 1.19 bits per heavy atom. The maximum atomic E-state index is 13.0. The molecule has 1 aliphatic heterocycles. The highest BCUT2D eigenvalue weighted by Gasteiger charge is 2.49. The van der Waals surface area contributed by atoms with Crippen LogP contribution in [0.4, 0.5) is 13.2 Å². The van der Waals surface area contributed by atoms with Crippen LogP contribution in [-0.4, -0.2) is 22.5 Å². The van der Waals surface area contributed by atoms with Crippen molar-refractivity contribution in [3.05, 3.63) is 74.9 Å². The van der Waals surface area contributed by atoms with Crippen LogP contribution >= 0.6 is 27.7 Å². The summed E-state index contributed by atoms with van der Waals surface area (Å²) in [5.41, 5.74) is 0.878. The SMILES string of the molecule is O=c1onc2n1-c1ccccc1S[C@]2(OCC(F)(F)F)c1ccc(Br)cc1. The average molecular weight is 459 g/mol. The van der Waals surface area contributed by atoms with E-state index in [1.165, 1.54) is 0 Å². The van der Waals surface area contributed by atoms with Crippen LogP contribution in [0.5, 0.6) is 0 Å². The summed E-state index contributed by atoms with van der Waals surface area (Å²) >= 11 is 4.34. The summed E-state index contributed by atoms with van der Waals surface area (Å²) in [6.45, 7) is -1.51. The molecule has 140 valence electrons. The number of benzene rings is 2. The van der Waals surface area contributed by atoms with Crippen LogP contribution in [-0.2, 0) is 9.67 Å². The first-order chi connectivity index (χ1) is 12.8. The number of thioether (sulfide) groups is 1. The molecule has 3 aromatic rings. The molecule has 4 rings (SSSR count). The van der Waals surface area contributed by atoms with Crippen molar-refractivity contribution >= 4 is 27.7 Å². The third-order valence-electron chi connectivity index (χ3n) is 3.92. The van der Waals surface area contributed by atoms with Crippen LogP contribution in [0.25, 0.3) is 5.69 Å². The molecule has 0 bridgehead atoms. The normalized spacial score (nSPS) is 18.8. The fraction of sp³-hybridized carbons (Fsp3) is 0.176. The number of alkyl halides is 3. The average Bonchev–Trinajstić information content (AvgIpc) is 3.02. The van der Waals surface area contributed by atoms with E-state index in [-0.39, 0.29) is 5.82 Å². The highest BCUT2D eigenvalue weighted by atomic mass is 79.9. The number of nitrogens with zero attached hydrogens (tertiary/aromatic N) is 2. The molecule has 0 N–H and O–H groups in total. The second-order valence-corrected chi connectivity index (χ2v) is 7.84. The van der Waals surface area contributed by atoms with E-state index in [0.717, 1.165) is 20.8 Å². The van der Waals surface area contributed by atoms with Gasteiger partial charge in [-0.25, -0.2) is 9.36 Å². The van der Waals surface area contributed by atoms with Crippen molar-refractivity contribution in [1.82, 2.24) is 9.72 Å². The van der Waals surface area contributed by atoms with Gasteiger partial charge in [0, 0.05) is 14.9 Å². The Morgan fingerprint density at radius 2 is 1.89 bits per heavy atom. The molecule has 0 aliphatic carbocycles. The van der Waals surface area contributed by atoms with Gasteiger partial charge in [-0.05, 0) is 24.3 Å². The number of para-hydroxylation sites is 1. The number of hydrogen-bond donors (Lipinski definition) is 0. The van der Waals surface area contributed by atoms with Gasteiger partial charge in [-0.2, -0.15) is 13.2 Å². The van der Waals surface area contributed by atoms with Crippen LogP contribution in [0.2, 0.25) is 0 Å². The molecule has 1 aromatic heterocycles. The predicted molar refractivity (Wildman–Crippen MR) is 94.9 cm³/mol. The first kappa shape index (κ1) is 18.3. The van der Waals surface area contributed by atoms with Crippen molar-refractivity contribution in [2.24, 2.45) is 0 Å². The molecule has 0 amide bonds. The van der Waals surface area contributed by atoms with E-state index < -0.39 is 23.5 Å². The Labute approximate surface area is 163 Å². The largest absolute Gasteiger partial charge is 0.446 e. The molecular weight excluding hydrogens is 449 g/mol. The number of hydrogen-bond acceptors (Lipinski definition) is 5. The number of ether oxygens (including phenoxy) is 1. The van der Waals surface area contributed by atoms with E-state index in [1.807, 2.05) is 0 Å². The Hall–Kier alpha value is -2.04. The van der Waals surface area contributed by atoms with E-state index in [0.29, 0.717) is 16.1 Å². The van der Waals surface area contributed by atoms with Crippen molar-refractivity contribution in [3.8, 4) is 5.69 Å². The molecule has 0 radical (unpaired) electrons. The number of halogens is 4. The molecule has 0 fully saturated rings. The molecule has 0 spiro atoms. The van der Waals surface area contributed by atoms with Gasteiger partial charge in [-0.1, -0.05) is 57.1 Å². The zero-order chi connectivity index (χ0) is 19.2. The monoisotopic (exact) mass is 458 g/mol. The Bertz CT molecular complexity index is 1050. The van der Waals surface area contributed by atoms with Crippen molar-refractivity contribution < 1.29 is 22.4 Å². The first-order valence-corrected chi connectivity index (χ1v) is 9.25. The summed E-state index contributed by atoms with van der Waals surface area (Å²) in [6.07, 6.45) is -4.56. The number of rotatable bonds is 3. The van der Waals surface area contributed by atoms with Crippen LogP contribution < -0.4 is 5.76 Å². The molecule has 2 aromatic carbocycles. The van der Waals surface area contributed by atoms with Gasteiger partial charge in [0.2, 0.25) is 10.8 Å². The number of fused-ring (bicyclic) bond motifs is 3. The van der Waals surface area contributed by atoms with Gasteiger partial charge < -0.3 is 4.74 Å². The third-order valence-corrected chi connectivity index (χ3v) is 5.84. The zero-order valence-electron chi connectivity index (χ0n) is 13.4. The molecule has 5 nitrogen and oxygen atoms in total. The van der Waals surface area contributed by atoms with Crippen molar-refractivity contribution in [3.63, 3.8) is 0 Å². The first-order valence-electron chi connectivity index (χ1n) is 7.64. The highest BCUT2D eigenvalue weighted by molar-refractivity contribution is 9.10. The van der Waals surface area contributed by atoms with Gasteiger partial charge in [0.1, 0.15) is 6.61 Å². The number of aromatic nitrogens is 2.